The third-order valence-electron chi connectivity index (χ3n) is 3.76. The molecule has 0 aliphatic heterocycles. The molecule has 0 saturated heterocycles. The highest BCUT2D eigenvalue weighted by molar-refractivity contribution is 7.09. The van der Waals surface area contributed by atoms with Crippen LogP contribution in [0.25, 0.3) is 10.8 Å². The van der Waals surface area contributed by atoms with E-state index in [9.17, 15) is 4.79 Å². The summed E-state index contributed by atoms with van der Waals surface area (Å²) in [6.07, 6.45) is 6.19. The number of nitrogens with zero attached hydrogens (tertiary/aromatic N) is 4. The maximum atomic E-state index is 11.1. The fraction of sp³-hybridized carbons (Fsp3) is 0.583. The third kappa shape index (κ3) is 2.69. The van der Waals surface area contributed by atoms with Gasteiger partial charge in [0.1, 0.15) is 4.88 Å². The molecule has 0 spiro atoms. The van der Waals surface area contributed by atoms with Gasteiger partial charge in [0.25, 0.3) is 5.89 Å². The molecule has 1 saturated carbocycles. The van der Waals surface area contributed by atoms with Crippen LogP contribution in [0, 0.1) is 5.41 Å². The monoisotopic (exact) mass is 294 g/mol. The number of rotatable bonds is 5. The zero-order chi connectivity index (χ0) is 14.0. The fourth-order valence-corrected chi connectivity index (χ4v) is 3.31. The van der Waals surface area contributed by atoms with Crippen LogP contribution in [0.1, 0.15) is 38.0 Å². The summed E-state index contributed by atoms with van der Waals surface area (Å²) in [5, 5.41) is 20.8. The molecule has 0 radical (unpaired) electrons. The summed E-state index contributed by atoms with van der Waals surface area (Å²) in [5.74, 6) is 0.133. The van der Waals surface area contributed by atoms with Gasteiger partial charge in [0.2, 0.25) is 5.89 Å². The summed E-state index contributed by atoms with van der Waals surface area (Å²) in [5.41, 5.74) is -0.235. The van der Waals surface area contributed by atoms with Crippen molar-refractivity contribution in [2.75, 3.05) is 0 Å². The molecule has 3 rings (SSSR count). The van der Waals surface area contributed by atoms with E-state index in [1.54, 1.807) is 6.20 Å². The Kier molecular flexibility index (Phi) is 3.47. The molecule has 7 nitrogen and oxygen atoms in total. The molecule has 8 heteroatoms. The van der Waals surface area contributed by atoms with E-state index in [4.69, 9.17) is 9.52 Å². The predicted octanol–water partition coefficient (Wildman–Crippen LogP) is 2.17. The Balaban J connectivity index is 1.77. The molecule has 1 fully saturated rings. The van der Waals surface area contributed by atoms with Gasteiger partial charge in [0, 0.05) is 6.42 Å². The van der Waals surface area contributed by atoms with E-state index in [2.05, 4.69) is 19.8 Å². The summed E-state index contributed by atoms with van der Waals surface area (Å²) < 4.78 is 9.36. The largest absolute Gasteiger partial charge is 0.481 e. The van der Waals surface area contributed by atoms with Crippen molar-refractivity contribution >= 4 is 17.5 Å². The van der Waals surface area contributed by atoms with E-state index in [0.717, 1.165) is 30.6 Å². The van der Waals surface area contributed by atoms with Gasteiger partial charge in [-0.1, -0.05) is 17.3 Å². The zero-order valence-corrected chi connectivity index (χ0v) is 11.6. The maximum Gasteiger partial charge on any atom is 0.303 e. The van der Waals surface area contributed by atoms with Gasteiger partial charge >= 0.3 is 5.97 Å². The lowest BCUT2D eigenvalue weighted by Gasteiger charge is -2.24. The second-order valence-electron chi connectivity index (χ2n) is 5.24. The maximum absolute atomic E-state index is 11.1. The van der Waals surface area contributed by atoms with Gasteiger partial charge in [0.15, 0.2) is 0 Å². The second kappa shape index (κ2) is 5.28. The molecule has 0 atom stereocenters. The van der Waals surface area contributed by atoms with Gasteiger partial charge in [-0.2, -0.15) is 0 Å². The van der Waals surface area contributed by atoms with Crippen LogP contribution < -0.4 is 0 Å². The molecule has 20 heavy (non-hydrogen) atoms. The number of hydrogen-bond donors (Lipinski definition) is 1. The number of carbonyl (C=O) groups is 1. The lowest BCUT2D eigenvalue weighted by atomic mass is 9.79. The molecule has 0 amide bonds. The van der Waals surface area contributed by atoms with Crippen molar-refractivity contribution in [3.63, 3.8) is 0 Å². The Morgan fingerprint density at radius 1 is 1.40 bits per heavy atom. The van der Waals surface area contributed by atoms with Crippen LogP contribution in [-0.4, -0.2) is 30.9 Å². The molecule has 106 valence electrons. The first-order valence-corrected chi connectivity index (χ1v) is 7.26. The Labute approximate surface area is 119 Å². The highest BCUT2D eigenvalue weighted by atomic mass is 32.1. The van der Waals surface area contributed by atoms with Gasteiger partial charge in [-0.05, 0) is 29.8 Å². The highest BCUT2D eigenvalue weighted by Gasteiger charge is 2.37. The quantitative estimate of drug-likeness (QED) is 0.901. The molecule has 1 N–H and O–H groups in total. The smallest absolute Gasteiger partial charge is 0.303 e. The minimum Gasteiger partial charge on any atom is -0.481 e. The second-order valence-corrected chi connectivity index (χ2v) is 6.02. The molecular formula is C12H14N4O3S. The van der Waals surface area contributed by atoms with Gasteiger partial charge < -0.3 is 9.52 Å². The van der Waals surface area contributed by atoms with E-state index >= 15 is 0 Å². The summed E-state index contributed by atoms with van der Waals surface area (Å²) in [6.45, 7) is 0. The Hall–Kier alpha value is -1.83. The Morgan fingerprint density at radius 3 is 2.85 bits per heavy atom. The van der Waals surface area contributed by atoms with Crippen molar-refractivity contribution in [2.24, 2.45) is 5.41 Å². The zero-order valence-electron chi connectivity index (χ0n) is 10.8. The minimum absolute atomic E-state index is 0.160. The van der Waals surface area contributed by atoms with Crippen molar-refractivity contribution in [3.8, 4) is 10.8 Å². The summed E-state index contributed by atoms with van der Waals surface area (Å²) >= 11 is 1.19. The number of aromatic nitrogens is 4. The fourth-order valence-electron chi connectivity index (χ4n) is 2.87. The van der Waals surface area contributed by atoms with Gasteiger partial charge in [-0.25, -0.2) is 0 Å². The van der Waals surface area contributed by atoms with E-state index in [-0.39, 0.29) is 11.8 Å². The Bertz CT molecular complexity index is 590. The SMILES string of the molecule is O=C(O)CC1(Cc2nnc(-c3cnns3)o2)CCCC1. The number of carboxylic acids is 1. The third-order valence-corrected chi connectivity index (χ3v) is 4.41. The lowest BCUT2D eigenvalue weighted by molar-refractivity contribution is -0.139. The molecule has 1 aliphatic rings. The number of hydrogen-bond acceptors (Lipinski definition) is 7. The first-order chi connectivity index (χ1) is 9.67. The predicted molar refractivity (Wildman–Crippen MR) is 70.1 cm³/mol. The van der Waals surface area contributed by atoms with Gasteiger partial charge in [-0.3, -0.25) is 4.79 Å². The first-order valence-electron chi connectivity index (χ1n) is 6.49. The number of carboxylic acid groups (broad SMARTS) is 1. The van der Waals surface area contributed by atoms with Gasteiger partial charge in [-0.15, -0.1) is 15.3 Å². The first kappa shape index (κ1) is 13.2. The minimum atomic E-state index is -0.765. The lowest BCUT2D eigenvalue weighted by Crippen LogP contribution is -2.23. The van der Waals surface area contributed by atoms with E-state index < -0.39 is 5.97 Å². The molecule has 0 bridgehead atoms. The molecule has 0 aromatic carbocycles. The van der Waals surface area contributed by atoms with E-state index in [1.807, 2.05) is 0 Å². The summed E-state index contributed by atoms with van der Waals surface area (Å²) in [4.78, 5) is 11.8. The average Bonchev–Trinajstić information content (AvgIpc) is 3.08. The Morgan fingerprint density at radius 2 is 2.20 bits per heavy atom. The van der Waals surface area contributed by atoms with Crippen molar-refractivity contribution < 1.29 is 14.3 Å². The normalized spacial score (nSPS) is 17.4. The molecule has 2 aromatic rings. The molecule has 0 unspecified atom stereocenters. The van der Waals surface area contributed by atoms with Crippen LogP contribution >= 0.6 is 11.5 Å². The van der Waals surface area contributed by atoms with Gasteiger partial charge in [0.05, 0.1) is 12.6 Å². The summed E-state index contributed by atoms with van der Waals surface area (Å²) in [6, 6.07) is 0. The van der Waals surface area contributed by atoms with Crippen LogP contribution in [0.3, 0.4) is 0 Å². The molecule has 1 aliphatic carbocycles. The van der Waals surface area contributed by atoms with Crippen LogP contribution in [0.5, 0.6) is 0 Å². The standard InChI is InChI=1S/C12H14N4O3S/c17-10(18)6-12(3-1-2-4-12)5-9-14-15-11(19-9)8-7-13-16-20-8/h7H,1-6H2,(H,17,18). The molecule has 2 heterocycles. The van der Waals surface area contributed by atoms with Crippen LogP contribution in [0.15, 0.2) is 10.6 Å². The summed E-state index contributed by atoms with van der Waals surface area (Å²) in [7, 11) is 0. The van der Waals surface area contributed by atoms with Crippen molar-refractivity contribution in [1.82, 2.24) is 19.8 Å². The van der Waals surface area contributed by atoms with Crippen molar-refractivity contribution in [3.05, 3.63) is 12.1 Å². The van der Waals surface area contributed by atoms with Crippen molar-refractivity contribution in [2.45, 2.75) is 38.5 Å². The highest BCUT2D eigenvalue weighted by Crippen LogP contribution is 2.43. The molecular weight excluding hydrogens is 280 g/mol. The van der Waals surface area contributed by atoms with E-state index in [0.29, 0.717) is 18.2 Å². The average molecular weight is 294 g/mol. The van der Waals surface area contributed by atoms with Crippen LogP contribution in [0.4, 0.5) is 0 Å². The van der Waals surface area contributed by atoms with E-state index in [1.165, 1.54) is 11.5 Å². The molecule has 2 aromatic heterocycles. The van der Waals surface area contributed by atoms with Crippen molar-refractivity contribution in [1.29, 1.82) is 0 Å². The van der Waals surface area contributed by atoms with Crippen LogP contribution in [-0.2, 0) is 11.2 Å². The number of aliphatic carboxylic acids is 1. The van der Waals surface area contributed by atoms with Crippen LogP contribution in [0.2, 0.25) is 0 Å². The topological polar surface area (TPSA) is 102 Å².